The molecular formula is C25H35N9O3S. The van der Waals surface area contributed by atoms with E-state index in [0.29, 0.717) is 55.1 Å². The summed E-state index contributed by atoms with van der Waals surface area (Å²) < 4.78 is 30.5. The van der Waals surface area contributed by atoms with Crippen LogP contribution in [0.5, 0.6) is 5.88 Å². The van der Waals surface area contributed by atoms with Gasteiger partial charge >= 0.3 is 0 Å². The van der Waals surface area contributed by atoms with E-state index in [-0.39, 0.29) is 11.9 Å². The van der Waals surface area contributed by atoms with E-state index < -0.39 is 10.0 Å². The molecule has 0 amide bonds. The molecule has 1 aliphatic rings. The van der Waals surface area contributed by atoms with E-state index in [0.717, 1.165) is 29.8 Å². The maximum atomic E-state index is 11.8. The van der Waals surface area contributed by atoms with Gasteiger partial charge in [-0.15, -0.1) is 0 Å². The van der Waals surface area contributed by atoms with Crippen LogP contribution >= 0.6 is 0 Å². The van der Waals surface area contributed by atoms with Gasteiger partial charge in [0.2, 0.25) is 21.9 Å². The van der Waals surface area contributed by atoms with Gasteiger partial charge in [0.1, 0.15) is 11.6 Å². The van der Waals surface area contributed by atoms with Gasteiger partial charge in [-0.05, 0) is 37.0 Å². The van der Waals surface area contributed by atoms with E-state index in [2.05, 4.69) is 44.0 Å². The third-order valence-electron chi connectivity index (χ3n) is 6.42. The molecule has 3 N–H and O–H groups in total. The van der Waals surface area contributed by atoms with Crippen LogP contribution in [0.2, 0.25) is 0 Å². The van der Waals surface area contributed by atoms with Crippen LogP contribution in [0, 0.1) is 6.92 Å². The number of pyridine rings is 2. The van der Waals surface area contributed by atoms with Crippen molar-refractivity contribution >= 4 is 27.5 Å². The Morgan fingerprint density at radius 1 is 1.08 bits per heavy atom. The molecule has 0 bridgehead atoms. The summed E-state index contributed by atoms with van der Waals surface area (Å²) in [5, 5.41) is 3.36. The van der Waals surface area contributed by atoms with Crippen molar-refractivity contribution in [2.24, 2.45) is 0 Å². The number of methoxy groups -OCH3 is 1. The Morgan fingerprint density at radius 2 is 1.82 bits per heavy atom. The number of nitrogens with two attached hydrogens (primary N) is 1. The monoisotopic (exact) mass is 541 g/mol. The molecule has 4 heterocycles. The number of piperazine rings is 1. The van der Waals surface area contributed by atoms with Crippen molar-refractivity contribution < 1.29 is 13.2 Å². The van der Waals surface area contributed by atoms with Gasteiger partial charge in [-0.3, -0.25) is 0 Å². The van der Waals surface area contributed by atoms with Gasteiger partial charge in [0.25, 0.3) is 0 Å². The molecule has 0 aromatic carbocycles. The van der Waals surface area contributed by atoms with E-state index in [9.17, 15) is 8.42 Å². The molecule has 0 radical (unpaired) electrons. The van der Waals surface area contributed by atoms with E-state index in [1.807, 2.05) is 18.3 Å². The van der Waals surface area contributed by atoms with Crippen molar-refractivity contribution in [3.05, 3.63) is 41.5 Å². The molecule has 204 valence electrons. The third-order valence-corrected chi connectivity index (χ3v) is 7.73. The number of hydrogen-bond donors (Lipinski definition) is 2. The molecule has 12 nitrogen and oxygen atoms in total. The van der Waals surface area contributed by atoms with Gasteiger partial charge < -0.3 is 20.7 Å². The molecule has 3 aromatic rings. The summed E-state index contributed by atoms with van der Waals surface area (Å²) >= 11 is 0. The first-order valence-corrected chi connectivity index (χ1v) is 14.3. The Hall–Kier alpha value is -3.42. The Morgan fingerprint density at radius 3 is 2.45 bits per heavy atom. The van der Waals surface area contributed by atoms with Crippen molar-refractivity contribution in [1.29, 1.82) is 0 Å². The fraction of sp³-hybridized carbons (Fsp3) is 0.480. The molecule has 0 aliphatic carbocycles. The number of anilines is 3. The summed E-state index contributed by atoms with van der Waals surface area (Å²) in [6.45, 7) is 9.11. The maximum Gasteiger partial charge on any atom is 0.223 e. The lowest BCUT2D eigenvalue weighted by atomic mass is 10.0. The fourth-order valence-corrected chi connectivity index (χ4v) is 5.19. The minimum atomic E-state index is -3.15. The SMILES string of the molecule is COc1ncc(Nc2ncc(CCN3CCN(S(C)(=O)=O)CC3)cc2-c2nc(C)nc(N)n2)cc1C(C)C. The molecule has 1 fully saturated rings. The zero-order chi connectivity index (χ0) is 27.4. The van der Waals surface area contributed by atoms with Crippen molar-refractivity contribution in [1.82, 2.24) is 34.1 Å². The smallest absolute Gasteiger partial charge is 0.223 e. The molecule has 13 heteroatoms. The lowest BCUT2D eigenvalue weighted by molar-refractivity contribution is 0.191. The highest BCUT2D eigenvalue weighted by atomic mass is 32.2. The maximum absolute atomic E-state index is 11.8. The first-order valence-electron chi connectivity index (χ1n) is 12.5. The topological polar surface area (TPSA) is 152 Å². The Balaban J connectivity index is 1.59. The van der Waals surface area contributed by atoms with Crippen LogP contribution < -0.4 is 15.8 Å². The average molecular weight is 542 g/mol. The second-order valence-corrected chi connectivity index (χ2v) is 11.6. The van der Waals surface area contributed by atoms with Crippen molar-refractivity contribution in [3.63, 3.8) is 0 Å². The van der Waals surface area contributed by atoms with Crippen LogP contribution in [0.4, 0.5) is 17.5 Å². The van der Waals surface area contributed by atoms with Crippen molar-refractivity contribution in [2.45, 2.75) is 33.1 Å². The number of rotatable bonds is 9. The number of ether oxygens (including phenoxy) is 1. The molecule has 0 saturated carbocycles. The molecule has 1 saturated heterocycles. The highest BCUT2D eigenvalue weighted by Gasteiger charge is 2.23. The largest absolute Gasteiger partial charge is 0.481 e. The van der Waals surface area contributed by atoms with E-state index in [1.165, 1.54) is 10.6 Å². The highest BCUT2D eigenvalue weighted by molar-refractivity contribution is 7.88. The minimum Gasteiger partial charge on any atom is -0.481 e. The standard InChI is InChI=1S/C25H35N9O3S/c1-16(2)20-13-19(15-28-24(20)37-4)31-22-21(23-29-17(3)30-25(26)32-23)12-18(14-27-22)6-7-33-8-10-34(11-9-33)38(5,35)36/h12-16H,6-11H2,1-5H3,(H,27,31)(H2,26,29,30,32). The second kappa shape index (κ2) is 11.5. The Kier molecular flexibility index (Phi) is 8.38. The third kappa shape index (κ3) is 6.71. The van der Waals surface area contributed by atoms with Crippen LogP contribution in [-0.2, 0) is 16.4 Å². The second-order valence-electron chi connectivity index (χ2n) is 9.66. The summed E-state index contributed by atoms with van der Waals surface area (Å²) in [5.41, 5.74) is 9.38. The normalized spacial score (nSPS) is 15.1. The number of sulfonamides is 1. The first-order chi connectivity index (χ1) is 18.0. The average Bonchev–Trinajstić information content (AvgIpc) is 2.87. The molecule has 1 aliphatic heterocycles. The quantitative estimate of drug-likeness (QED) is 0.410. The lowest BCUT2D eigenvalue weighted by Gasteiger charge is -2.33. The van der Waals surface area contributed by atoms with Crippen molar-refractivity contribution in [2.75, 3.05) is 57.1 Å². The van der Waals surface area contributed by atoms with Crippen LogP contribution in [0.3, 0.4) is 0 Å². The highest BCUT2D eigenvalue weighted by Crippen LogP contribution is 2.31. The summed E-state index contributed by atoms with van der Waals surface area (Å²) in [4.78, 5) is 24.4. The molecular weight excluding hydrogens is 506 g/mol. The Labute approximate surface area is 223 Å². The number of aryl methyl sites for hydroxylation is 1. The van der Waals surface area contributed by atoms with Gasteiger partial charge in [0, 0.05) is 44.5 Å². The van der Waals surface area contributed by atoms with Gasteiger partial charge in [-0.1, -0.05) is 13.8 Å². The summed E-state index contributed by atoms with van der Waals surface area (Å²) in [7, 11) is -1.54. The number of nitrogens with zero attached hydrogens (tertiary/aromatic N) is 7. The lowest BCUT2D eigenvalue weighted by Crippen LogP contribution is -2.48. The van der Waals surface area contributed by atoms with Gasteiger partial charge in [0.05, 0.1) is 30.8 Å². The summed E-state index contributed by atoms with van der Waals surface area (Å²) in [6.07, 6.45) is 5.52. The van der Waals surface area contributed by atoms with Gasteiger partial charge in [-0.2, -0.15) is 14.3 Å². The molecule has 0 unspecified atom stereocenters. The van der Waals surface area contributed by atoms with Crippen LogP contribution in [0.25, 0.3) is 11.4 Å². The van der Waals surface area contributed by atoms with Gasteiger partial charge in [0.15, 0.2) is 5.82 Å². The zero-order valence-electron chi connectivity index (χ0n) is 22.5. The van der Waals surface area contributed by atoms with Crippen molar-refractivity contribution in [3.8, 4) is 17.3 Å². The number of hydrogen-bond acceptors (Lipinski definition) is 11. The number of aromatic nitrogens is 5. The minimum absolute atomic E-state index is 0.140. The fourth-order valence-electron chi connectivity index (χ4n) is 4.37. The van der Waals surface area contributed by atoms with E-state index in [4.69, 9.17) is 15.5 Å². The van der Waals surface area contributed by atoms with Crippen LogP contribution in [0.1, 0.15) is 36.7 Å². The van der Waals surface area contributed by atoms with Gasteiger partial charge in [-0.25, -0.2) is 23.4 Å². The number of nitrogens with one attached hydrogen (secondary N) is 1. The number of nitrogen functional groups attached to an aromatic ring is 1. The van der Waals surface area contributed by atoms with Crippen LogP contribution in [-0.4, -0.2) is 88.6 Å². The van der Waals surface area contributed by atoms with E-state index in [1.54, 1.807) is 20.2 Å². The molecule has 3 aromatic heterocycles. The van der Waals surface area contributed by atoms with E-state index >= 15 is 0 Å². The predicted octanol–water partition coefficient (Wildman–Crippen LogP) is 2.21. The molecule has 0 atom stereocenters. The zero-order valence-corrected chi connectivity index (χ0v) is 23.3. The summed E-state index contributed by atoms with van der Waals surface area (Å²) in [6, 6.07) is 4.01. The Bertz CT molecular complexity index is 1370. The molecule has 0 spiro atoms. The summed E-state index contributed by atoms with van der Waals surface area (Å²) in [5.74, 6) is 2.47. The molecule has 38 heavy (non-hydrogen) atoms. The van der Waals surface area contributed by atoms with Crippen LogP contribution in [0.15, 0.2) is 24.5 Å². The first kappa shape index (κ1) is 27.6. The predicted molar refractivity (Wildman–Crippen MR) is 147 cm³/mol. The molecule has 4 rings (SSSR count).